The third kappa shape index (κ3) is 6.55. The number of carbonyl (C=O) groups excluding carboxylic acids is 3. The Morgan fingerprint density at radius 2 is 1.54 bits per heavy atom. The molecule has 1 aliphatic carbocycles. The van der Waals surface area contributed by atoms with Gasteiger partial charge in [-0.25, -0.2) is 4.79 Å². The van der Waals surface area contributed by atoms with Gasteiger partial charge in [-0.2, -0.15) is 0 Å². The van der Waals surface area contributed by atoms with E-state index in [0.29, 0.717) is 29.9 Å². The molecule has 3 heterocycles. The number of likely N-dealkylation sites (N-methyl/N-ethyl adjacent to an activating group) is 1. The van der Waals surface area contributed by atoms with Crippen molar-refractivity contribution in [3.8, 4) is 22.9 Å². The predicted octanol–water partition coefficient (Wildman–Crippen LogP) is 5.35. The van der Waals surface area contributed by atoms with E-state index in [0.717, 1.165) is 37.1 Å². The molecule has 268 valence electrons. The Labute approximate surface area is 302 Å². The molecule has 7 rings (SSSR count). The third-order valence-electron chi connectivity index (χ3n) is 10.3. The zero-order chi connectivity index (χ0) is 36.5. The van der Waals surface area contributed by atoms with Crippen molar-refractivity contribution < 1.29 is 29.4 Å². The molecule has 2 aromatic heterocycles. The minimum absolute atomic E-state index is 0.146. The molecule has 0 radical (unpaired) electrons. The fraction of sp³-hybridized carbons (Fsp3) is 0.293. The van der Waals surface area contributed by atoms with Gasteiger partial charge >= 0.3 is 5.97 Å². The van der Waals surface area contributed by atoms with Crippen LogP contribution in [-0.2, 0) is 17.8 Å². The van der Waals surface area contributed by atoms with Gasteiger partial charge in [0, 0.05) is 73.6 Å². The maximum atomic E-state index is 13.3. The van der Waals surface area contributed by atoms with Gasteiger partial charge in [-0.3, -0.25) is 14.5 Å². The molecule has 3 aromatic carbocycles. The molecular formula is C41H43N5O6. The summed E-state index contributed by atoms with van der Waals surface area (Å²) in [5, 5.41) is 23.7. The van der Waals surface area contributed by atoms with E-state index in [4.69, 9.17) is 4.84 Å². The molecular weight excluding hydrogens is 658 g/mol. The van der Waals surface area contributed by atoms with Crippen molar-refractivity contribution in [1.82, 2.24) is 24.4 Å². The first-order chi connectivity index (χ1) is 25.2. The zero-order valence-corrected chi connectivity index (χ0v) is 29.6. The first kappa shape index (κ1) is 34.6. The summed E-state index contributed by atoms with van der Waals surface area (Å²) in [7, 11) is 2.13. The SMILES string of the molecule is CCN(CC)C(=O)[C@@H]1C=C2c3cccc4c3c(cn4CCCNC(=O)c3ccc(-c4ccc(C(=O)On5c(O)ccc5O)cc4)cc3)C[C@H]2N(C)C1. The number of benzene rings is 3. The first-order valence-electron chi connectivity index (χ1n) is 17.8. The second kappa shape index (κ2) is 14.4. The van der Waals surface area contributed by atoms with Crippen LogP contribution in [0.5, 0.6) is 11.8 Å². The average molecular weight is 702 g/mol. The highest BCUT2D eigenvalue weighted by Crippen LogP contribution is 2.42. The number of amides is 2. The Kier molecular flexibility index (Phi) is 9.61. The number of nitrogens with one attached hydrogen (secondary N) is 1. The number of rotatable bonds is 11. The number of aromatic hydroxyl groups is 2. The van der Waals surface area contributed by atoms with Crippen molar-refractivity contribution in [3.63, 3.8) is 0 Å². The topological polar surface area (TPSA) is 129 Å². The van der Waals surface area contributed by atoms with Gasteiger partial charge in [0.05, 0.1) is 11.5 Å². The standard InChI is InChI=1S/C41H43N5O6/c1-4-44(5-2)40(50)31-22-33-32-8-6-9-34-38(32)30(23-35(33)43(3)24-31)25-45(34)21-7-20-42-39(49)28-14-10-26(11-15-28)27-12-16-29(17-13-27)41(51)52-46-36(47)18-19-37(46)48/h6,8-19,22,25,31,35,47-48H,4-5,7,20-21,23-24H2,1-3H3,(H,42,49)/t31-,35-/m1/s1. The molecule has 52 heavy (non-hydrogen) atoms. The van der Waals surface area contributed by atoms with E-state index in [1.54, 1.807) is 36.4 Å². The van der Waals surface area contributed by atoms with Gasteiger partial charge in [-0.05, 0) is 91.9 Å². The molecule has 11 nitrogen and oxygen atoms in total. The molecule has 5 aromatic rings. The van der Waals surface area contributed by atoms with Crippen LogP contribution in [-0.4, -0.2) is 86.4 Å². The van der Waals surface area contributed by atoms with Crippen LogP contribution < -0.4 is 10.2 Å². The summed E-state index contributed by atoms with van der Waals surface area (Å²) in [4.78, 5) is 48.1. The molecule has 0 unspecified atom stereocenters. The van der Waals surface area contributed by atoms with E-state index < -0.39 is 17.7 Å². The lowest BCUT2D eigenvalue weighted by atomic mass is 9.79. The largest absolute Gasteiger partial charge is 0.492 e. The monoisotopic (exact) mass is 701 g/mol. The lowest BCUT2D eigenvalue weighted by molar-refractivity contribution is -0.134. The van der Waals surface area contributed by atoms with Gasteiger partial charge in [-0.1, -0.05) is 42.5 Å². The third-order valence-corrected chi connectivity index (χ3v) is 10.3. The van der Waals surface area contributed by atoms with Crippen LogP contribution in [0, 0.1) is 5.92 Å². The number of aromatic nitrogens is 2. The molecule has 2 atom stereocenters. The van der Waals surface area contributed by atoms with Crippen LogP contribution in [0.3, 0.4) is 0 Å². The lowest BCUT2D eigenvalue weighted by Gasteiger charge is -2.40. The van der Waals surface area contributed by atoms with Crippen LogP contribution in [0.1, 0.15) is 52.1 Å². The van der Waals surface area contributed by atoms with Crippen molar-refractivity contribution in [3.05, 3.63) is 113 Å². The van der Waals surface area contributed by atoms with E-state index in [2.05, 4.69) is 52.3 Å². The molecule has 0 saturated heterocycles. The molecule has 1 aliphatic heterocycles. The van der Waals surface area contributed by atoms with Gasteiger partial charge in [0.1, 0.15) is 0 Å². The zero-order valence-electron chi connectivity index (χ0n) is 29.6. The number of fused-ring (bicyclic) bond motifs is 2. The quantitative estimate of drug-likeness (QED) is 0.159. The second-order valence-electron chi connectivity index (χ2n) is 13.4. The summed E-state index contributed by atoms with van der Waals surface area (Å²) < 4.78 is 2.94. The highest BCUT2D eigenvalue weighted by Gasteiger charge is 2.37. The van der Waals surface area contributed by atoms with E-state index >= 15 is 0 Å². The molecule has 0 fully saturated rings. The first-order valence-corrected chi connectivity index (χ1v) is 17.8. The molecule has 2 aliphatic rings. The van der Waals surface area contributed by atoms with Gasteiger partial charge < -0.3 is 29.8 Å². The summed E-state index contributed by atoms with van der Waals surface area (Å²) in [5.41, 5.74) is 7.48. The van der Waals surface area contributed by atoms with E-state index in [-0.39, 0.29) is 29.3 Å². The van der Waals surface area contributed by atoms with Gasteiger partial charge in [-0.15, -0.1) is 4.73 Å². The van der Waals surface area contributed by atoms with E-state index in [1.165, 1.54) is 39.7 Å². The van der Waals surface area contributed by atoms with Crippen LogP contribution >= 0.6 is 0 Å². The maximum Gasteiger partial charge on any atom is 0.363 e. The summed E-state index contributed by atoms with van der Waals surface area (Å²) in [6.45, 7) is 7.51. The van der Waals surface area contributed by atoms with Crippen molar-refractivity contribution in [2.45, 2.75) is 39.3 Å². The predicted molar refractivity (Wildman–Crippen MR) is 199 cm³/mol. The average Bonchev–Trinajstić information content (AvgIpc) is 3.68. The number of nitrogens with zero attached hydrogens (tertiary/aromatic N) is 4. The second-order valence-corrected chi connectivity index (χ2v) is 13.4. The van der Waals surface area contributed by atoms with Crippen molar-refractivity contribution in [1.29, 1.82) is 0 Å². The summed E-state index contributed by atoms with van der Waals surface area (Å²) in [6, 6.07) is 23.1. The Balaban J connectivity index is 0.959. The molecule has 0 bridgehead atoms. The van der Waals surface area contributed by atoms with Crippen molar-refractivity contribution in [2.24, 2.45) is 5.92 Å². The van der Waals surface area contributed by atoms with Crippen molar-refractivity contribution >= 4 is 34.3 Å². The van der Waals surface area contributed by atoms with Crippen LogP contribution in [0.25, 0.3) is 27.6 Å². The molecule has 2 amide bonds. The molecule has 11 heteroatoms. The number of carbonyl (C=O) groups is 3. The normalized spacial score (nSPS) is 16.6. The molecule has 0 saturated carbocycles. The van der Waals surface area contributed by atoms with E-state index in [1.807, 2.05) is 30.9 Å². The number of hydrogen-bond donors (Lipinski definition) is 3. The van der Waals surface area contributed by atoms with Gasteiger partial charge in [0.25, 0.3) is 5.91 Å². The highest BCUT2D eigenvalue weighted by atomic mass is 16.7. The molecule has 3 N–H and O–H groups in total. The summed E-state index contributed by atoms with van der Waals surface area (Å²) in [6.07, 6.45) is 6.16. The van der Waals surface area contributed by atoms with Gasteiger partial charge in [0.15, 0.2) is 0 Å². The van der Waals surface area contributed by atoms with Crippen LogP contribution in [0.2, 0.25) is 0 Å². The Morgan fingerprint density at radius 3 is 2.19 bits per heavy atom. The lowest BCUT2D eigenvalue weighted by Crippen LogP contribution is -2.47. The minimum atomic E-state index is -0.740. The summed E-state index contributed by atoms with van der Waals surface area (Å²) >= 11 is 0. The highest BCUT2D eigenvalue weighted by molar-refractivity contribution is 6.00. The summed E-state index contributed by atoms with van der Waals surface area (Å²) in [5.74, 6) is -1.63. The van der Waals surface area contributed by atoms with Gasteiger partial charge in [0.2, 0.25) is 17.7 Å². The van der Waals surface area contributed by atoms with Crippen molar-refractivity contribution in [2.75, 3.05) is 33.2 Å². The maximum absolute atomic E-state index is 13.3. The van der Waals surface area contributed by atoms with Crippen LogP contribution in [0.4, 0.5) is 0 Å². The van der Waals surface area contributed by atoms with E-state index in [9.17, 15) is 24.6 Å². The smallest absolute Gasteiger partial charge is 0.363 e. The number of aryl methyl sites for hydroxylation is 1. The Hall–Kier alpha value is -5.81. The number of hydrogen-bond acceptors (Lipinski definition) is 7. The van der Waals surface area contributed by atoms with Crippen LogP contribution in [0.15, 0.2) is 91.1 Å². The Morgan fingerprint density at radius 1 is 0.885 bits per heavy atom. The fourth-order valence-electron chi connectivity index (χ4n) is 7.53. The fourth-order valence-corrected chi connectivity index (χ4v) is 7.53. The molecule has 0 spiro atoms. The minimum Gasteiger partial charge on any atom is -0.492 e. The Bertz CT molecular complexity index is 2140.